The highest BCUT2D eigenvalue weighted by Gasteiger charge is 2.30. The summed E-state index contributed by atoms with van der Waals surface area (Å²) in [5, 5.41) is 13.4. The van der Waals surface area contributed by atoms with Crippen molar-refractivity contribution >= 4 is 29.6 Å². The van der Waals surface area contributed by atoms with E-state index in [-0.39, 0.29) is 24.3 Å². The fourth-order valence-corrected chi connectivity index (χ4v) is 4.91. The van der Waals surface area contributed by atoms with Crippen molar-refractivity contribution in [3.05, 3.63) is 60.1 Å². The number of amides is 1. The monoisotopic (exact) mass is 516 g/mol. The third-order valence-electron chi connectivity index (χ3n) is 7.02. The van der Waals surface area contributed by atoms with Crippen LogP contribution in [-0.2, 0) is 27.9 Å². The summed E-state index contributed by atoms with van der Waals surface area (Å²) >= 11 is 0. The van der Waals surface area contributed by atoms with Crippen LogP contribution >= 0.6 is 0 Å². The first kappa shape index (κ1) is 25.6. The molecule has 1 aromatic carbocycles. The Balaban J connectivity index is 1.38. The molecule has 0 radical (unpaired) electrons. The number of carbonyl (C=O) groups excluding carboxylic acids is 1. The molecule has 38 heavy (non-hydrogen) atoms. The molecule has 0 aliphatic carbocycles. The number of hydrogen-bond donors (Lipinski definition) is 1. The number of nitrogens with zero attached hydrogens (tertiary/aromatic N) is 6. The van der Waals surface area contributed by atoms with E-state index < -0.39 is 5.97 Å². The lowest BCUT2D eigenvalue weighted by molar-refractivity contribution is -0.131. The van der Waals surface area contributed by atoms with E-state index in [0.29, 0.717) is 31.9 Å². The zero-order valence-electron chi connectivity index (χ0n) is 21.5. The summed E-state index contributed by atoms with van der Waals surface area (Å²) in [5.41, 5.74) is 3.99. The number of carboxylic acids is 1. The van der Waals surface area contributed by atoms with E-state index in [1.165, 1.54) is 29.3 Å². The number of aliphatic carboxylic acids is 1. The molecule has 0 bridgehead atoms. The summed E-state index contributed by atoms with van der Waals surface area (Å²) in [6.07, 6.45) is 7.88. The van der Waals surface area contributed by atoms with Crippen molar-refractivity contribution in [1.82, 2.24) is 19.7 Å². The number of anilines is 2. The van der Waals surface area contributed by atoms with Gasteiger partial charge in [-0.15, -0.1) is 5.10 Å². The maximum absolute atomic E-state index is 13.6. The predicted molar refractivity (Wildman–Crippen MR) is 144 cm³/mol. The average Bonchev–Trinajstić information content (AvgIpc) is 3.61. The summed E-state index contributed by atoms with van der Waals surface area (Å²) in [5.74, 6) is -0.766. The van der Waals surface area contributed by atoms with E-state index in [2.05, 4.69) is 39.2 Å². The Labute approximate surface area is 221 Å². The fraction of sp³-hybridized carbons (Fsp3) is 0.393. The first-order valence-corrected chi connectivity index (χ1v) is 13.0. The number of ether oxygens (including phenoxy) is 1. The molecular weight excluding hydrogens is 484 g/mol. The van der Waals surface area contributed by atoms with E-state index in [9.17, 15) is 9.59 Å². The van der Waals surface area contributed by atoms with Gasteiger partial charge in [-0.05, 0) is 55.5 Å². The van der Waals surface area contributed by atoms with Gasteiger partial charge in [0.1, 0.15) is 0 Å². The average molecular weight is 517 g/mol. The second-order valence-electron chi connectivity index (χ2n) is 9.67. The third-order valence-corrected chi connectivity index (χ3v) is 7.02. The molecule has 1 amide bonds. The molecule has 198 valence electrons. The van der Waals surface area contributed by atoms with Gasteiger partial charge in [-0.3, -0.25) is 14.7 Å². The minimum absolute atomic E-state index is 0.0740. The molecule has 2 aromatic heterocycles. The van der Waals surface area contributed by atoms with E-state index in [0.717, 1.165) is 36.0 Å². The lowest BCUT2D eigenvalue weighted by Gasteiger charge is -2.27. The Morgan fingerprint density at radius 3 is 2.66 bits per heavy atom. The Kier molecular flexibility index (Phi) is 7.78. The Morgan fingerprint density at radius 1 is 1.16 bits per heavy atom. The van der Waals surface area contributed by atoms with E-state index in [4.69, 9.17) is 14.8 Å². The SMILES string of the molecule is Cn1nc(N(Cc2ccc(-c3cccc(N4CCCC4)c3)nc2)C(=O)C2CCOCC2)nc1C=CC(=O)O. The molecule has 2 aliphatic heterocycles. The Hall–Kier alpha value is -4.05. The van der Waals surface area contributed by atoms with Gasteiger partial charge in [0.2, 0.25) is 5.91 Å². The molecule has 2 aliphatic rings. The van der Waals surface area contributed by atoms with Gasteiger partial charge in [0.25, 0.3) is 5.95 Å². The molecule has 10 nitrogen and oxygen atoms in total. The van der Waals surface area contributed by atoms with Gasteiger partial charge >= 0.3 is 5.97 Å². The summed E-state index contributed by atoms with van der Waals surface area (Å²) in [7, 11) is 1.67. The van der Waals surface area contributed by atoms with Gasteiger partial charge in [-0.25, -0.2) is 9.48 Å². The van der Waals surface area contributed by atoms with Gasteiger partial charge < -0.3 is 14.7 Å². The van der Waals surface area contributed by atoms with Gasteiger partial charge in [-0.1, -0.05) is 18.2 Å². The Bertz CT molecular complexity index is 1310. The summed E-state index contributed by atoms with van der Waals surface area (Å²) in [6, 6.07) is 12.4. The molecule has 2 fully saturated rings. The largest absolute Gasteiger partial charge is 0.478 e. The van der Waals surface area contributed by atoms with Crippen molar-refractivity contribution in [2.45, 2.75) is 32.2 Å². The second-order valence-corrected chi connectivity index (χ2v) is 9.67. The Morgan fingerprint density at radius 2 is 1.95 bits per heavy atom. The summed E-state index contributed by atoms with van der Waals surface area (Å²) < 4.78 is 6.91. The van der Waals surface area contributed by atoms with Crippen molar-refractivity contribution in [2.24, 2.45) is 13.0 Å². The lowest BCUT2D eigenvalue weighted by atomic mass is 9.98. The second kappa shape index (κ2) is 11.6. The van der Waals surface area contributed by atoms with Gasteiger partial charge in [0, 0.05) is 62.8 Å². The zero-order chi connectivity index (χ0) is 26.5. The molecule has 0 spiro atoms. The van der Waals surface area contributed by atoms with Gasteiger partial charge in [-0.2, -0.15) is 4.98 Å². The number of carboxylic acid groups (broad SMARTS) is 1. The van der Waals surface area contributed by atoms with Crippen LogP contribution in [0.3, 0.4) is 0 Å². The van der Waals surface area contributed by atoms with Crippen molar-refractivity contribution in [3.8, 4) is 11.3 Å². The summed E-state index contributed by atoms with van der Waals surface area (Å²) in [4.78, 5) is 37.7. The van der Waals surface area contributed by atoms with Crippen molar-refractivity contribution in [2.75, 3.05) is 36.1 Å². The van der Waals surface area contributed by atoms with Crippen LogP contribution in [-0.4, -0.2) is 63.0 Å². The molecular formula is C28H32N6O4. The molecule has 1 N–H and O–H groups in total. The zero-order valence-corrected chi connectivity index (χ0v) is 21.5. The smallest absolute Gasteiger partial charge is 0.328 e. The molecule has 0 unspecified atom stereocenters. The van der Waals surface area contributed by atoms with E-state index in [1.807, 2.05) is 12.1 Å². The predicted octanol–water partition coefficient (Wildman–Crippen LogP) is 3.53. The highest BCUT2D eigenvalue weighted by Crippen LogP contribution is 2.27. The van der Waals surface area contributed by atoms with Crippen LogP contribution in [0.2, 0.25) is 0 Å². The standard InChI is InChI=1S/C28H32N6O4/c1-32-25(9-10-26(35)36)30-28(31-32)34(27(37)21-11-15-38-16-12-21)19-20-7-8-24(29-18-20)22-5-4-6-23(17-22)33-13-2-3-14-33/h4-10,17-18,21H,2-3,11-16,19H2,1H3,(H,35,36). The molecule has 10 heteroatoms. The van der Waals surface area contributed by atoms with Crippen LogP contribution in [0.4, 0.5) is 11.6 Å². The first-order chi connectivity index (χ1) is 18.5. The van der Waals surface area contributed by atoms with Crippen molar-refractivity contribution in [1.29, 1.82) is 0 Å². The number of benzene rings is 1. The van der Waals surface area contributed by atoms with Gasteiger partial charge in [0.15, 0.2) is 5.82 Å². The summed E-state index contributed by atoms with van der Waals surface area (Å²) in [6.45, 7) is 3.51. The van der Waals surface area contributed by atoms with Crippen LogP contribution in [0.25, 0.3) is 17.3 Å². The maximum Gasteiger partial charge on any atom is 0.328 e. The van der Waals surface area contributed by atoms with Crippen LogP contribution in [0.5, 0.6) is 0 Å². The molecule has 2 saturated heterocycles. The van der Waals surface area contributed by atoms with Crippen LogP contribution in [0, 0.1) is 5.92 Å². The first-order valence-electron chi connectivity index (χ1n) is 13.0. The fourth-order valence-electron chi connectivity index (χ4n) is 4.91. The van der Waals surface area contributed by atoms with Crippen molar-refractivity contribution < 1.29 is 19.4 Å². The van der Waals surface area contributed by atoms with E-state index >= 15 is 0 Å². The molecule has 4 heterocycles. The third kappa shape index (κ3) is 5.91. The van der Waals surface area contributed by atoms with Crippen molar-refractivity contribution in [3.63, 3.8) is 0 Å². The molecule has 0 saturated carbocycles. The quantitative estimate of drug-likeness (QED) is 0.453. The topological polar surface area (TPSA) is 114 Å². The number of pyridine rings is 1. The minimum atomic E-state index is -1.08. The van der Waals surface area contributed by atoms with Crippen LogP contribution < -0.4 is 9.80 Å². The molecule has 3 aromatic rings. The normalized spacial score (nSPS) is 16.3. The highest BCUT2D eigenvalue weighted by molar-refractivity contribution is 5.93. The number of carbonyl (C=O) groups is 2. The lowest BCUT2D eigenvalue weighted by Crippen LogP contribution is -2.39. The van der Waals surface area contributed by atoms with Gasteiger partial charge in [0.05, 0.1) is 12.2 Å². The van der Waals surface area contributed by atoms with E-state index in [1.54, 1.807) is 18.1 Å². The van der Waals surface area contributed by atoms with Crippen LogP contribution in [0.1, 0.15) is 37.1 Å². The van der Waals surface area contributed by atoms with Crippen LogP contribution in [0.15, 0.2) is 48.7 Å². The molecule has 0 atom stereocenters. The number of aromatic nitrogens is 4. The molecule has 5 rings (SSSR count). The number of hydrogen-bond acceptors (Lipinski definition) is 7. The maximum atomic E-state index is 13.6. The minimum Gasteiger partial charge on any atom is -0.478 e. The number of rotatable bonds is 8. The number of aryl methyl sites for hydroxylation is 1. The highest BCUT2D eigenvalue weighted by atomic mass is 16.5.